The Hall–Kier alpha value is -1.37. The minimum atomic E-state index is 0.187. The second-order valence-corrected chi connectivity index (χ2v) is 5.49. The first-order chi connectivity index (χ1) is 7.38. The standard InChI is InChI=1S/C15H19O/c1-10-8-12-9-13(15(3,4)5)6-7-14(12)16-11(10)2/h6-9H,1-5H3/q+1. The van der Waals surface area contributed by atoms with E-state index in [2.05, 4.69) is 52.0 Å². The molecule has 0 bridgehead atoms. The number of hydrogen-bond donors (Lipinski definition) is 0. The lowest BCUT2D eigenvalue weighted by Crippen LogP contribution is -2.10. The van der Waals surface area contributed by atoms with Crippen LogP contribution in [-0.2, 0) is 5.41 Å². The molecule has 0 aliphatic rings. The highest BCUT2D eigenvalue weighted by Crippen LogP contribution is 2.27. The Morgan fingerprint density at radius 1 is 1.00 bits per heavy atom. The van der Waals surface area contributed by atoms with Gasteiger partial charge in [-0.1, -0.05) is 20.8 Å². The van der Waals surface area contributed by atoms with Crippen LogP contribution in [0.15, 0.2) is 28.7 Å². The van der Waals surface area contributed by atoms with Crippen molar-refractivity contribution in [2.24, 2.45) is 0 Å². The lowest BCUT2D eigenvalue weighted by Gasteiger charge is -2.18. The fourth-order valence-electron chi connectivity index (χ4n) is 1.80. The van der Waals surface area contributed by atoms with Crippen LogP contribution in [0.1, 0.15) is 37.7 Å². The van der Waals surface area contributed by atoms with Gasteiger partial charge in [-0.15, -0.1) is 0 Å². The highest BCUT2D eigenvalue weighted by atomic mass is 16.3. The molecule has 0 spiro atoms. The smallest absolute Gasteiger partial charge is 0.212 e. The van der Waals surface area contributed by atoms with Gasteiger partial charge in [0.1, 0.15) is 0 Å². The van der Waals surface area contributed by atoms with Gasteiger partial charge in [0.05, 0.1) is 12.3 Å². The average Bonchev–Trinajstić information content (AvgIpc) is 2.17. The molecule has 2 rings (SSSR count). The summed E-state index contributed by atoms with van der Waals surface area (Å²) in [6.45, 7) is 10.8. The third-order valence-electron chi connectivity index (χ3n) is 3.07. The highest BCUT2D eigenvalue weighted by Gasteiger charge is 2.17. The van der Waals surface area contributed by atoms with Gasteiger partial charge in [0.25, 0.3) is 0 Å². The summed E-state index contributed by atoms with van der Waals surface area (Å²) in [6.07, 6.45) is 0. The van der Waals surface area contributed by atoms with E-state index >= 15 is 0 Å². The van der Waals surface area contributed by atoms with Gasteiger partial charge in [-0.3, -0.25) is 0 Å². The van der Waals surface area contributed by atoms with Gasteiger partial charge in [-0.25, -0.2) is 4.42 Å². The van der Waals surface area contributed by atoms with Crippen molar-refractivity contribution >= 4 is 11.0 Å². The van der Waals surface area contributed by atoms with Crippen molar-refractivity contribution in [3.05, 3.63) is 41.2 Å². The molecule has 1 nitrogen and oxygen atoms in total. The summed E-state index contributed by atoms with van der Waals surface area (Å²) in [7, 11) is 0. The third kappa shape index (κ3) is 1.95. The van der Waals surface area contributed by atoms with Crippen LogP contribution < -0.4 is 0 Å². The third-order valence-corrected chi connectivity index (χ3v) is 3.07. The zero-order chi connectivity index (χ0) is 11.9. The van der Waals surface area contributed by atoms with E-state index in [-0.39, 0.29) is 5.41 Å². The molecule has 0 radical (unpaired) electrons. The molecule has 84 valence electrons. The predicted octanol–water partition coefficient (Wildman–Crippen LogP) is 4.63. The van der Waals surface area contributed by atoms with Crippen molar-refractivity contribution in [3.8, 4) is 0 Å². The SMILES string of the molecule is Cc1cc2cc(C(C)(C)C)ccc2[o+]c1C. The van der Waals surface area contributed by atoms with E-state index in [0.717, 1.165) is 11.3 Å². The summed E-state index contributed by atoms with van der Waals surface area (Å²) in [4.78, 5) is 0. The minimum absolute atomic E-state index is 0.187. The number of rotatable bonds is 0. The van der Waals surface area contributed by atoms with Gasteiger partial charge in [-0.05, 0) is 36.1 Å². The summed E-state index contributed by atoms with van der Waals surface area (Å²) >= 11 is 0. The summed E-state index contributed by atoms with van der Waals surface area (Å²) in [5, 5.41) is 1.19. The van der Waals surface area contributed by atoms with Gasteiger partial charge >= 0.3 is 11.3 Å². The fourth-order valence-corrected chi connectivity index (χ4v) is 1.80. The Kier molecular flexibility index (Phi) is 2.49. The quantitative estimate of drug-likeness (QED) is 0.583. The Labute approximate surface area is 97.1 Å². The first-order valence-corrected chi connectivity index (χ1v) is 5.72. The monoisotopic (exact) mass is 215 g/mol. The normalized spacial score (nSPS) is 12.1. The molecule has 1 heterocycles. The molecule has 1 aromatic carbocycles. The molecule has 0 saturated heterocycles. The van der Waals surface area contributed by atoms with Crippen LogP contribution in [0.3, 0.4) is 0 Å². The molecule has 1 aromatic heterocycles. The van der Waals surface area contributed by atoms with E-state index in [4.69, 9.17) is 4.42 Å². The van der Waals surface area contributed by atoms with Crippen molar-refractivity contribution in [2.45, 2.75) is 40.0 Å². The second-order valence-electron chi connectivity index (χ2n) is 5.49. The second kappa shape index (κ2) is 3.58. The van der Waals surface area contributed by atoms with Crippen molar-refractivity contribution in [3.63, 3.8) is 0 Å². The lowest BCUT2D eigenvalue weighted by molar-refractivity contribution is 0.558. The minimum Gasteiger partial charge on any atom is -0.212 e. The number of benzene rings is 1. The van der Waals surface area contributed by atoms with Crippen molar-refractivity contribution in [1.29, 1.82) is 0 Å². The molecule has 0 fully saturated rings. The van der Waals surface area contributed by atoms with E-state index in [9.17, 15) is 0 Å². The number of fused-ring (bicyclic) bond motifs is 1. The number of hydrogen-bond acceptors (Lipinski definition) is 0. The summed E-state index contributed by atoms with van der Waals surface area (Å²) in [5.74, 6) is 0.996. The molecule has 0 aliphatic carbocycles. The van der Waals surface area contributed by atoms with Crippen LogP contribution in [0, 0.1) is 13.8 Å². The topological polar surface area (TPSA) is 11.3 Å². The van der Waals surface area contributed by atoms with Crippen LogP contribution in [0.4, 0.5) is 0 Å². The largest absolute Gasteiger partial charge is 0.360 e. The summed E-state index contributed by atoms with van der Waals surface area (Å²) in [6, 6.07) is 8.65. The van der Waals surface area contributed by atoms with Gasteiger partial charge in [0.15, 0.2) is 0 Å². The van der Waals surface area contributed by atoms with Crippen molar-refractivity contribution in [1.82, 2.24) is 0 Å². The zero-order valence-corrected chi connectivity index (χ0v) is 10.7. The van der Waals surface area contributed by atoms with Crippen LogP contribution in [0.2, 0.25) is 0 Å². The van der Waals surface area contributed by atoms with E-state index < -0.39 is 0 Å². The van der Waals surface area contributed by atoms with Gasteiger partial charge in [-0.2, -0.15) is 0 Å². The maximum atomic E-state index is 5.76. The average molecular weight is 215 g/mol. The molecule has 16 heavy (non-hydrogen) atoms. The molecule has 0 N–H and O–H groups in total. The van der Waals surface area contributed by atoms with Crippen molar-refractivity contribution in [2.75, 3.05) is 0 Å². The predicted molar refractivity (Wildman–Crippen MR) is 68.8 cm³/mol. The van der Waals surface area contributed by atoms with Gasteiger partial charge < -0.3 is 0 Å². The summed E-state index contributed by atoms with van der Waals surface area (Å²) < 4.78 is 5.76. The molecular weight excluding hydrogens is 196 g/mol. The van der Waals surface area contributed by atoms with E-state index in [1.165, 1.54) is 16.5 Å². The van der Waals surface area contributed by atoms with Crippen LogP contribution in [-0.4, -0.2) is 0 Å². The fraction of sp³-hybridized carbons (Fsp3) is 0.400. The first-order valence-electron chi connectivity index (χ1n) is 5.72. The van der Waals surface area contributed by atoms with Crippen molar-refractivity contribution < 1.29 is 4.42 Å². The van der Waals surface area contributed by atoms with Gasteiger partial charge in [0, 0.05) is 11.6 Å². The Bertz CT molecular complexity index is 533. The van der Waals surface area contributed by atoms with Gasteiger partial charge in [0.2, 0.25) is 0 Å². The zero-order valence-electron chi connectivity index (χ0n) is 10.7. The number of aryl methyl sites for hydroxylation is 2. The summed E-state index contributed by atoms with van der Waals surface area (Å²) in [5.41, 5.74) is 3.71. The van der Waals surface area contributed by atoms with Crippen LogP contribution in [0.25, 0.3) is 11.0 Å². The maximum absolute atomic E-state index is 5.76. The van der Waals surface area contributed by atoms with Crippen LogP contribution >= 0.6 is 0 Å². The van der Waals surface area contributed by atoms with E-state index in [0.29, 0.717) is 0 Å². The molecule has 0 atom stereocenters. The molecule has 0 aliphatic heterocycles. The molecule has 0 amide bonds. The molecule has 2 aromatic rings. The van der Waals surface area contributed by atoms with E-state index in [1.807, 2.05) is 6.92 Å². The maximum Gasteiger partial charge on any atom is 0.360 e. The highest BCUT2D eigenvalue weighted by molar-refractivity contribution is 5.78. The first kappa shape index (κ1) is 11.1. The lowest BCUT2D eigenvalue weighted by atomic mass is 9.86. The Morgan fingerprint density at radius 2 is 1.69 bits per heavy atom. The Balaban J connectivity index is 2.67. The molecule has 1 heteroatoms. The molecule has 0 unspecified atom stereocenters. The van der Waals surface area contributed by atoms with Crippen LogP contribution in [0.5, 0.6) is 0 Å². The molecular formula is C15H19O+. The van der Waals surface area contributed by atoms with E-state index in [1.54, 1.807) is 0 Å². The molecule has 0 saturated carbocycles. The Morgan fingerprint density at radius 3 is 2.31 bits per heavy atom.